The van der Waals surface area contributed by atoms with Crippen molar-refractivity contribution in [3.8, 4) is 11.6 Å². The summed E-state index contributed by atoms with van der Waals surface area (Å²) in [6.45, 7) is 3.91. The van der Waals surface area contributed by atoms with Crippen LogP contribution < -0.4 is 10.1 Å². The highest BCUT2D eigenvalue weighted by Crippen LogP contribution is 2.30. The van der Waals surface area contributed by atoms with Crippen LogP contribution in [-0.2, 0) is 14.6 Å². The molecule has 30 heavy (non-hydrogen) atoms. The van der Waals surface area contributed by atoms with Gasteiger partial charge >= 0.3 is 0 Å². The molecule has 0 spiro atoms. The summed E-state index contributed by atoms with van der Waals surface area (Å²) in [5, 5.41) is 3.13. The van der Waals surface area contributed by atoms with Crippen LogP contribution in [0.15, 0.2) is 65.7 Å². The number of ether oxygens (including phenoxy) is 1. The molecular formula is C22H21ClN2O4S. The molecule has 1 heterocycles. The number of anilines is 1. The number of nitrogens with zero attached hydrogens (tertiary/aromatic N) is 1. The van der Waals surface area contributed by atoms with Gasteiger partial charge in [-0.25, -0.2) is 13.4 Å². The van der Waals surface area contributed by atoms with Crippen LogP contribution in [-0.4, -0.2) is 25.1 Å². The number of hydrogen-bond acceptors (Lipinski definition) is 5. The molecule has 0 fully saturated rings. The maximum absolute atomic E-state index is 12.4. The number of aryl methyl sites for hydroxylation is 1. The van der Waals surface area contributed by atoms with Gasteiger partial charge in [0.15, 0.2) is 9.84 Å². The molecule has 0 radical (unpaired) electrons. The summed E-state index contributed by atoms with van der Waals surface area (Å²) in [6.07, 6.45) is 1.35. The van der Waals surface area contributed by atoms with E-state index in [9.17, 15) is 13.2 Å². The molecule has 0 saturated carbocycles. The van der Waals surface area contributed by atoms with Gasteiger partial charge in [-0.3, -0.25) is 4.79 Å². The van der Waals surface area contributed by atoms with Crippen molar-refractivity contribution in [3.05, 3.63) is 76.9 Å². The summed E-state index contributed by atoms with van der Waals surface area (Å²) in [5.41, 5.74) is 2.41. The van der Waals surface area contributed by atoms with Gasteiger partial charge in [0, 0.05) is 17.6 Å². The Morgan fingerprint density at radius 3 is 2.53 bits per heavy atom. The number of sulfone groups is 1. The SMILES string of the molecule is Cc1cccc(Oc2ncccc2NC(=O)CCS(=O)(=O)c2ccc(Cl)cc2)c1C. The number of nitrogens with one attached hydrogen (secondary N) is 1. The second kappa shape index (κ2) is 9.28. The van der Waals surface area contributed by atoms with Gasteiger partial charge in [-0.1, -0.05) is 23.7 Å². The summed E-state index contributed by atoms with van der Waals surface area (Å²) in [5.74, 6) is 0.0921. The van der Waals surface area contributed by atoms with Gasteiger partial charge in [0.05, 0.1) is 10.6 Å². The normalized spacial score (nSPS) is 11.2. The number of aromatic nitrogens is 1. The number of carbonyl (C=O) groups excluding carboxylic acids is 1. The van der Waals surface area contributed by atoms with E-state index in [4.69, 9.17) is 16.3 Å². The van der Waals surface area contributed by atoms with E-state index in [-0.39, 0.29) is 22.9 Å². The van der Waals surface area contributed by atoms with Gasteiger partial charge in [0.1, 0.15) is 11.4 Å². The minimum Gasteiger partial charge on any atom is -0.437 e. The van der Waals surface area contributed by atoms with Gasteiger partial charge < -0.3 is 10.1 Å². The van der Waals surface area contributed by atoms with E-state index in [1.54, 1.807) is 18.3 Å². The Hall–Kier alpha value is -2.90. The van der Waals surface area contributed by atoms with Crippen LogP contribution in [0.4, 0.5) is 5.69 Å². The second-order valence-electron chi connectivity index (χ2n) is 6.73. The van der Waals surface area contributed by atoms with Gasteiger partial charge in [-0.15, -0.1) is 0 Å². The van der Waals surface area contributed by atoms with Gasteiger partial charge in [-0.05, 0) is 67.4 Å². The zero-order valence-corrected chi connectivity index (χ0v) is 18.1. The monoisotopic (exact) mass is 444 g/mol. The number of hydrogen-bond donors (Lipinski definition) is 1. The molecule has 0 aliphatic rings. The fraction of sp³-hybridized carbons (Fsp3) is 0.182. The first-order valence-electron chi connectivity index (χ1n) is 9.23. The number of carbonyl (C=O) groups is 1. The van der Waals surface area contributed by atoms with E-state index in [1.807, 2.05) is 32.0 Å². The molecule has 0 saturated heterocycles. The second-order valence-corrected chi connectivity index (χ2v) is 9.27. The number of benzene rings is 2. The lowest BCUT2D eigenvalue weighted by Gasteiger charge is -2.13. The highest BCUT2D eigenvalue weighted by Gasteiger charge is 2.18. The highest BCUT2D eigenvalue weighted by molar-refractivity contribution is 7.91. The van der Waals surface area contributed by atoms with E-state index < -0.39 is 15.7 Å². The molecule has 1 N–H and O–H groups in total. The number of pyridine rings is 1. The number of amides is 1. The van der Waals surface area contributed by atoms with Crippen LogP contribution in [0.1, 0.15) is 17.5 Å². The molecule has 8 heteroatoms. The zero-order chi connectivity index (χ0) is 21.7. The van der Waals surface area contributed by atoms with Crippen LogP contribution in [0.25, 0.3) is 0 Å². The standard InChI is InChI=1S/C22H21ClN2O4S/c1-15-5-3-7-20(16(15)2)29-22-19(6-4-13-24-22)25-21(26)12-14-30(27,28)18-10-8-17(23)9-11-18/h3-11,13H,12,14H2,1-2H3,(H,25,26). The van der Waals surface area contributed by atoms with Crippen molar-refractivity contribution in [2.45, 2.75) is 25.2 Å². The first-order valence-corrected chi connectivity index (χ1v) is 11.3. The summed E-state index contributed by atoms with van der Waals surface area (Å²) in [7, 11) is -3.60. The highest BCUT2D eigenvalue weighted by atomic mass is 35.5. The summed E-state index contributed by atoms with van der Waals surface area (Å²) in [4.78, 5) is 16.7. The predicted octanol–water partition coefficient (Wildman–Crippen LogP) is 4.95. The third kappa shape index (κ3) is 5.37. The summed E-state index contributed by atoms with van der Waals surface area (Å²) < 4.78 is 30.7. The summed E-state index contributed by atoms with van der Waals surface area (Å²) in [6, 6.07) is 14.8. The van der Waals surface area contributed by atoms with Crippen molar-refractivity contribution < 1.29 is 17.9 Å². The van der Waals surface area contributed by atoms with E-state index in [0.717, 1.165) is 11.1 Å². The van der Waals surface area contributed by atoms with Gasteiger partial charge in [-0.2, -0.15) is 0 Å². The van der Waals surface area contributed by atoms with Crippen LogP contribution >= 0.6 is 11.6 Å². The Kier molecular flexibility index (Phi) is 6.74. The lowest BCUT2D eigenvalue weighted by atomic mass is 10.1. The molecule has 0 aliphatic carbocycles. The number of rotatable bonds is 7. The first kappa shape index (κ1) is 21.8. The molecular weight excluding hydrogens is 424 g/mol. The largest absolute Gasteiger partial charge is 0.437 e. The fourth-order valence-corrected chi connectivity index (χ4v) is 4.07. The zero-order valence-electron chi connectivity index (χ0n) is 16.6. The van der Waals surface area contributed by atoms with E-state index in [2.05, 4.69) is 10.3 Å². The maximum atomic E-state index is 12.4. The van der Waals surface area contributed by atoms with Gasteiger partial charge in [0.25, 0.3) is 0 Å². The third-order valence-electron chi connectivity index (χ3n) is 4.58. The summed E-state index contributed by atoms with van der Waals surface area (Å²) >= 11 is 5.79. The average molecular weight is 445 g/mol. The van der Waals surface area contributed by atoms with Crippen LogP contribution in [0.3, 0.4) is 0 Å². The molecule has 3 aromatic rings. The van der Waals surface area contributed by atoms with Crippen LogP contribution in [0.2, 0.25) is 5.02 Å². The van der Waals surface area contributed by atoms with Crippen molar-refractivity contribution in [2.24, 2.45) is 0 Å². The Morgan fingerprint density at radius 1 is 1.07 bits per heavy atom. The van der Waals surface area contributed by atoms with E-state index in [0.29, 0.717) is 16.5 Å². The topological polar surface area (TPSA) is 85.4 Å². The molecule has 2 aromatic carbocycles. The molecule has 0 bridgehead atoms. The lowest BCUT2D eigenvalue weighted by Crippen LogP contribution is -2.18. The molecule has 1 amide bonds. The quantitative estimate of drug-likeness (QED) is 0.557. The minimum absolute atomic E-state index is 0.125. The molecule has 0 unspecified atom stereocenters. The molecule has 3 rings (SSSR count). The van der Waals surface area contributed by atoms with Crippen LogP contribution in [0, 0.1) is 13.8 Å². The average Bonchev–Trinajstić information content (AvgIpc) is 2.72. The van der Waals surface area contributed by atoms with Crippen molar-refractivity contribution >= 4 is 33.0 Å². The van der Waals surface area contributed by atoms with Crippen molar-refractivity contribution in [3.63, 3.8) is 0 Å². The maximum Gasteiger partial charge on any atom is 0.243 e. The molecule has 6 nitrogen and oxygen atoms in total. The van der Waals surface area contributed by atoms with E-state index >= 15 is 0 Å². The lowest BCUT2D eigenvalue weighted by molar-refractivity contribution is -0.115. The Balaban J connectivity index is 1.68. The van der Waals surface area contributed by atoms with E-state index in [1.165, 1.54) is 24.3 Å². The Labute approximate surface area is 180 Å². The number of halogens is 1. The van der Waals surface area contributed by atoms with Gasteiger partial charge in [0.2, 0.25) is 11.8 Å². The Morgan fingerprint density at radius 2 is 1.80 bits per heavy atom. The fourth-order valence-electron chi connectivity index (χ4n) is 2.71. The van der Waals surface area contributed by atoms with Crippen molar-refractivity contribution in [2.75, 3.05) is 11.1 Å². The van der Waals surface area contributed by atoms with Crippen molar-refractivity contribution in [1.29, 1.82) is 0 Å². The molecule has 0 atom stereocenters. The smallest absolute Gasteiger partial charge is 0.243 e. The molecule has 1 aromatic heterocycles. The first-order chi connectivity index (χ1) is 14.3. The van der Waals surface area contributed by atoms with Crippen LogP contribution in [0.5, 0.6) is 11.6 Å². The predicted molar refractivity (Wildman–Crippen MR) is 117 cm³/mol. The third-order valence-corrected chi connectivity index (χ3v) is 6.56. The minimum atomic E-state index is -3.60. The molecule has 156 valence electrons. The molecule has 0 aliphatic heterocycles. The van der Waals surface area contributed by atoms with Crippen molar-refractivity contribution in [1.82, 2.24) is 4.98 Å². The Bertz CT molecular complexity index is 1160.